The highest BCUT2D eigenvalue weighted by atomic mass is 32.1. The summed E-state index contributed by atoms with van der Waals surface area (Å²) in [6.07, 6.45) is 2.48. The lowest BCUT2D eigenvalue weighted by molar-refractivity contribution is 0.194. The van der Waals surface area contributed by atoms with E-state index in [1.807, 2.05) is 41.5 Å². The van der Waals surface area contributed by atoms with Gasteiger partial charge in [0.2, 0.25) is 11.7 Å². The second-order valence-electron chi connectivity index (χ2n) is 6.48. The lowest BCUT2D eigenvalue weighted by atomic mass is 10.2. The Balaban J connectivity index is 1.30. The van der Waals surface area contributed by atoms with Crippen LogP contribution in [0.2, 0.25) is 0 Å². The van der Waals surface area contributed by atoms with E-state index in [-0.39, 0.29) is 6.03 Å². The van der Waals surface area contributed by atoms with Gasteiger partial charge in [-0.2, -0.15) is 4.98 Å². The van der Waals surface area contributed by atoms with Gasteiger partial charge in [-0.1, -0.05) is 18.1 Å². The van der Waals surface area contributed by atoms with Crippen molar-refractivity contribution in [2.45, 2.75) is 19.9 Å². The molecule has 0 saturated carbocycles. The van der Waals surface area contributed by atoms with Crippen LogP contribution in [-0.2, 0) is 13.0 Å². The molecule has 28 heavy (non-hydrogen) atoms. The molecule has 4 rings (SSSR count). The molecule has 1 aliphatic rings. The predicted molar refractivity (Wildman–Crippen MR) is 107 cm³/mol. The molecule has 0 unspecified atom stereocenters. The second-order valence-corrected chi connectivity index (χ2v) is 7.51. The maximum absolute atomic E-state index is 12.3. The van der Waals surface area contributed by atoms with Crippen molar-refractivity contribution in [3.05, 3.63) is 46.6 Å². The molecule has 1 aliphatic heterocycles. The molecular weight excluding hydrogens is 376 g/mol. The van der Waals surface area contributed by atoms with Crippen molar-refractivity contribution in [1.82, 2.24) is 25.3 Å². The molecule has 0 aliphatic carbocycles. The van der Waals surface area contributed by atoms with Gasteiger partial charge in [0, 0.05) is 49.2 Å². The van der Waals surface area contributed by atoms with E-state index in [1.54, 1.807) is 17.5 Å². The van der Waals surface area contributed by atoms with Crippen molar-refractivity contribution >= 4 is 23.2 Å². The summed E-state index contributed by atoms with van der Waals surface area (Å²) in [5.41, 5.74) is 0.832. The molecule has 4 heterocycles. The molecule has 8 nitrogen and oxygen atoms in total. The first-order valence-corrected chi connectivity index (χ1v) is 10.2. The number of amides is 2. The molecule has 1 saturated heterocycles. The molecule has 0 radical (unpaired) electrons. The Morgan fingerprint density at radius 3 is 2.75 bits per heavy atom. The monoisotopic (exact) mass is 398 g/mol. The predicted octanol–water partition coefficient (Wildman–Crippen LogP) is 2.79. The van der Waals surface area contributed by atoms with Crippen molar-refractivity contribution in [2.75, 3.05) is 31.1 Å². The van der Waals surface area contributed by atoms with Crippen molar-refractivity contribution in [3.8, 4) is 11.4 Å². The number of piperazine rings is 1. The van der Waals surface area contributed by atoms with Crippen LogP contribution in [0.1, 0.15) is 17.7 Å². The summed E-state index contributed by atoms with van der Waals surface area (Å²) in [5.74, 6) is 2.07. The van der Waals surface area contributed by atoms with Gasteiger partial charge in [0.1, 0.15) is 5.82 Å². The fourth-order valence-corrected chi connectivity index (χ4v) is 3.69. The van der Waals surface area contributed by atoms with Gasteiger partial charge >= 0.3 is 6.03 Å². The molecule has 0 atom stereocenters. The summed E-state index contributed by atoms with van der Waals surface area (Å²) in [7, 11) is 0. The van der Waals surface area contributed by atoms with Gasteiger partial charge in [-0.05, 0) is 23.6 Å². The highest BCUT2D eigenvalue weighted by molar-refractivity contribution is 7.09. The number of hydrogen-bond donors (Lipinski definition) is 1. The van der Waals surface area contributed by atoms with E-state index in [0.717, 1.165) is 29.3 Å². The second kappa shape index (κ2) is 8.39. The summed E-state index contributed by atoms with van der Waals surface area (Å²) in [6.45, 7) is 5.40. The maximum atomic E-state index is 12.3. The lowest BCUT2D eigenvalue weighted by Crippen LogP contribution is -2.51. The summed E-state index contributed by atoms with van der Waals surface area (Å²) in [6, 6.07) is 7.91. The van der Waals surface area contributed by atoms with Gasteiger partial charge in [-0.25, -0.2) is 9.78 Å². The average Bonchev–Trinajstić information content (AvgIpc) is 3.44. The SMILES string of the molecule is CCc1nc(-c2ccc(N3CCN(C(=O)NCc4cccs4)CC3)nc2)no1. The summed E-state index contributed by atoms with van der Waals surface area (Å²) in [5, 5.41) is 8.97. The Bertz CT molecular complexity index is 901. The van der Waals surface area contributed by atoms with E-state index in [9.17, 15) is 4.79 Å². The lowest BCUT2D eigenvalue weighted by Gasteiger charge is -2.35. The zero-order valence-electron chi connectivity index (χ0n) is 15.7. The third-order valence-electron chi connectivity index (χ3n) is 4.66. The Labute approximate surface area is 167 Å². The third-order valence-corrected chi connectivity index (χ3v) is 5.54. The fourth-order valence-electron chi connectivity index (χ4n) is 3.05. The van der Waals surface area contributed by atoms with Crippen molar-refractivity contribution in [1.29, 1.82) is 0 Å². The van der Waals surface area contributed by atoms with E-state index in [0.29, 0.717) is 37.8 Å². The van der Waals surface area contributed by atoms with Crippen LogP contribution in [0.3, 0.4) is 0 Å². The Kier molecular flexibility index (Phi) is 5.52. The molecule has 1 fully saturated rings. The number of nitrogens with zero attached hydrogens (tertiary/aromatic N) is 5. The normalized spacial score (nSPS) is 14.3. The van der Waals surface area contributed by atoms with Gasteiger partial charge in [0.25, 0.3) is 0 Å². The number of hydrogen-bond acceptors (Lipinski definition) is 7. The largest absolute Gasteiger partial charge is 0.353 e. The number of carbonyl (C=O) groups is 1. The first-order chi connectivity index (χ1) is 13.7. The van der Waals surface area contributed by atoms with Crippen molar-refractivity contribution < 1.29 is 9.32 Å². The number of carbonyl (C=O) groups excluding carboxylic acids is 1. The first kappa shape index (κ1) is 18.4. The molecule has 3 aromatic heterocycles. The highest BCUT2D eigenvalue weighted by Gasteiger charge is 2.22. The summed E-state index contributed by atoms with van der Waals surface area (Å²) >= 11 is 1.65. The van der Waals surface area contributed by atoms with Gasteiger partial charge in [0.05, 0.1) is 6.54 Å². The molecule has 3 aromatic rings. The molecule has 9 heteroatoms. The van der Waals surface area contributed by atoms with Gasteiger partial charge < -0.3 is 19.6 Å². The smallest absolute Gasteiger partial charge is 0.317 e. The maximum Gasteiger partial charge on any atom is 0.317 e. The van der Waals surface area contributed by atoms with E-state index < -0.39 is 0 Å². The number of nitrogens with one attached hydrogen (secondary N) is 1. The van der Waals surface area contributed by atoms with Crippen molar-refractivity contribution in [3.63, 3.8) is 0 Å². The minimum absolute atomic E-state index is 0.0137. The molecule has 1 N–H and O–H groups in total. The Morgan fingerprint density at radius 2 is 2.11 bits per heavy atom. The number of rotatable bonds is 5. The van der Waals surface area contributed by atoms with Crippen LogP contribution in [0, 0.1) is 0 Å². The quantitative estimate of drug-likeness (QED) is 0.711. The number of anilines is 1. The van der Waals surface area contributed by atoms with Crippen LogP contribution in [0.5, 0.6) is 0 Å². The fraction of sp³-hybridized carbons (Fsp3) is 0.368. The molecule has 0 bridgehead atoms. The zero-order valence-corrected chi connectivity index (χ0v) is 16.5. The number of pyridine rings is 1. The van der Waals surface area contributed by atoms with E-state index >= 15 is 0 Å². The minimum Gasteiger partial charge on any atom is -0.353 e. The molecule has 0 aromatic carbocycles. The van der Waals surface area contributed by atoms with Gasteiger partial charge in [-0.3, -0.25) is 0 Å². The minimum atomic E-state index is -0.0137. The molecule has 146 valence electrons. The number of aromatic nitrogens is 3. The number of urea groups is 1. The molecule has 0 spiro atoms. The average molecular weight is 398 g/mol. The zero-order chi connectivity index (χ0) is 19.3. The van der Waals surface area contributed by atoms with E-state index in [4.69, 9.17) is 4.52 Å². The van der Waals surface area contributed by atoms with Crippen LogP contribution in [0.4, 0.5) is 10.6 Å². The Hall–Kier alpha value is -2.94. The highest BCUT2D eigenvalue weighted by Crippen LogP contribution is 2.20. The summed E-state index contributed by atoms with van der Waals surface area (Å²) < 4.78 is 5.15. The topological polar surface area (TPSA) is 87.4 Å². The first-order valence-electron chi connectivity index (χ1n) is 9.32. The van der Waals surface area contributed by atoms with Gasteiger partial charge in [0.15, 0.2) is 0 Å². The standard InChI is InChI=1S/C19H22N6O2S/c1-2-17-22-18(23-27-17)14-5-6-16(20-12-14)24-7-9-25(10-8-24)19(26)21-13-15-4-3-11-28-15/h3-6,11-12H,2,7-10,13H2,1H3,(H,21,26). The molecular formula is C19H22N6O2S. The molecule has 2 amide bonds. The van der Waals surface area contributed by atoms with Crippen LogP contribution in [0.25, 0.3) is 11.4 Å². The van der Waals surface area contributed by atoms with Crippen LogP contribution in [0.15, 0.2) is 40.4 Å². The van der Waals surface area contributed by atoms with Crippen LogP contribution >= 0.6 is 11.3 Å². The van der Waals surface area contributed by atoms with Gasteiger partial charge in [-0.15, -0.1) is 11.3 Å². The number of thiophene rings is 1. The van der Waals surface area contributed by atoms with E-state index in [1.165, 1.54) is 0 Å². The third kappa shape index (κ3) is 4.14. The van der Waals surface area contributed by atoms with Crippen LogP contribution in [-0.4, -0.2) is 52.2 Å². The van der Waals surface area contributed by atoms with Crippen molar-refractivity contribution in [2.24, 2.45) is 0 Å². The number of aryl methyl sites for hydroxylation is 1. The van der Waals surface area contributed by atoms with Crippen LogP contribution < -0.4 is 10.2 Å². The Morgan fingerprint density at radius 1 is 1.25 bits per heavy atom. The summed E-state index contributed by atoms with van der Waals surface area (Å²) in [4.78, 5) is 26.4. The van der Waals surface area contributed by atoms with E-state index in [2.05, 4.69) is 25.3 Å².